The maximum atomic E-state index is 12.6. The predicted molar refractivity (Wildman–Crippen MR) is 120 cm³/mol. The lowest BCUT2D eigenvalue weighted by Gasteiger charge is -2.32. The van der Waals surface area contributed by atoms with Gasteiger partial charge in [0.15, 0.2) is 0 Å². The first-order valence-corrected chi connectivity index (χ1v) is 10.1. The number of ether oxygens (including phenoxy) is 1. The van der Waals surface area contributed by atoms with Gasteiger partial charge in [0.05, 0.1) is 13.5 Å². The quantitative estimate of drug-likeness (QED) is 0.706. The van der Waals surface area contributed by atoms with Gasteiger partial charge in [-0.3, -0.25) is 9.59 Å². The summed E-state index contributed by atoms with van der Waals surface area (Å²) in [7, 11) is 1.61. The van der Waals surface area contributed by atoms with Gasteiger partial charge in [0.2, 0.25) is 11.8 Å². The number of para-hydroxylation sites is 1. The Morgan fingerprint density at radius 3 is 2.40 bits per heavy atom. The summed E-state index contributed by atoms with van der Waals surface area (Å²) in [5.41, 5.74) is 7.99. The number of likely N-dealkylation sites (tertiary alicyclic amines) is 1. The molecule has 2 amide bonds. The molecular weight excluding hydrogens is 402 g/mol. The van der Waals surface area contributed by atoms with Crippen molar-refractivity contribution in [1.82, 2.24) is 10.2 Å². The number of hydrogen-bond donors (Lipinski definition) is 2. The fraction of sp³-hybridized carbons (Fsp3) is 0.391. The molecule has 1 heterocycles. The Bertz CT molecular complexity index is 823. The van der Waals surface area contributed by atoms with Crippen LogP contribution in [0.25, 0.3) is 0 Å². The van der Waals surface area contributed by atoms with Crippen molar-refractivity contribution in [2.75, 3.05) is 20.2 Å². The van der Waals surface area contributed by atoms with Crippen LogP contribution in [0.4, 0.5) is 0 Å². The third-order valence-corrected chi connectivity index (χ3v) is 5.38. The number of piperidine rings is 1. The number of nitrogens with zero attached hydrogens (tertiary/aromatic N) is 1. The van der Waals surface area contributed by atoms with E-state index in [-0.39, 0.29) is 42.7 Å². The molecule has 1 unspecified atom stereocenters. The zero-order chi connectivity index (χ0) is 20.6. The van der Waals surface area contributed by atoms with Crippen LogP contribution in [0.3, 0.4) is 0 Å². The summed E-state index contributed by atoms with van der Waals surface area (Å²) in [6, 6.07) is 17.0. The van der Waals surface area contributed by atoms with Gasteiger partial charge in [0.1, 0.15) is 5.75 Å². The van der Waals surface area contributed by atoms with E-state index in [0.717, 1.165) is 29.7 Å². The van der Waals surface area contributed by atoms with Crippen molar-refractivity contribution in [3.05, 3.63) is 65.7 Å². The van der Waals surface area contributed by atoms with Crippen molar-refractivity contribution in [3.8, 4) is 5.75 Å². The van der Waals surface area contributed by atoms with Gasteiger partial charge in [-0.05, 0) is 24.5 Å². The third kappa shape index (κ3) is 6.47. The van der Waals surface area contributed by atoms with E-state index in [1.807, 2.05) is 59.5 Å². The number of nitrogens with two attached hydrogens (primary N) is 1. The second kappa shape index (κ2) is 11.6. The van der Waals surface area contributed by atoms with Crippen LogP contribution in [0.15, 0.2) is 54.6 Å². The molecule has 3 rings (SSSR count). The summed E-state index contributed by atoms with van der Waals surface area (Å²) in [6.07, 6.45) is 2.10. The van der Waals surface area contributed by atoms with Gasteiger partial charge >= 0.3 is 0 Å². The standard InChI is InChI=1S/C23H29N3O3.ClH/c1-29-21-10-6-5-9-18(21)15-23(28)26-13-11-19(12-14-26)25-22(27)16-20(24)17-7-3-2-4-8-17;/h2-10,19-20H,11-16,24H2,1H3,(H,25,27);1H. The summed E-state index contributed by atoms with van der Waals surface area (Å²) < 4.78 is 5.33. The number of benzene rings is 2. The van der Waals surface area contributed by atoms with Gasteiger partial charge in [-0.25, -0.2) is 0 Å². The maximum absolute atomic E-state index is 12.6. The Labute approximate surface area is 184 Å². The molecule has 0 saturated carbocycles. The van der Waals surface area contributed by atoms with E-state index < -0.39 is 0 Å². The zero-order valence-electron chi connectivity index (χ0n) is 17.3. The third-order valence-electron chi connectivity index (χ3n) is 5.38. The number of rotatable bonds is 7. The second-order valence-electron chi connectivity index (χ2n) is 7.43. The van der Waals surface area contributed by atoms with Crippen molar-refractivity contribution in [1.29, 1.82) is 0 Å². The molecule has 3 N–H and O–H groups in total. The molecule has 2 aromatic carbocycles. The highest BCUT2D eigenvalue weighted by Crippen LogP contribution is 2.20. The van der Waals surface area contributed by atoms with E-state index in [4.69, 9.17) is 10.5 Å². The summed E-state index contributed by atoms with van der Waals surface area (Å²) in [5, 5.41) is 3.07. The predicted octanol–water partition coefficient (Wildman–Crippen LogP) is 2.86. The summed E-state index contributed by atoms with van der Waals surface area (Å²) >= 11 is 0. The number of hydrogen-bond acceptors (Lipinski definition) is 4. The van der Waals surface area contributed by atoms with Crippen molar-refractivity contribution in [3.63, 3.8) is 0 Å². The van der Waals surface area contributed by atoms with E-state index in [1.165, 1.54) is 0 Å². The van der Waals surface area contributed by atoms with Gasteiger partial charge < -0.3 is 20.7 Å². The van der Waals surface area contributed by atoms with Crippen molar-refractivity contribution in [2.24, 2.45) is 5.73 Å². The number of methoxy groups -OCH3 is 1. The Hall–Kier alpha value is -2.57. The van der Waals surface area contributed by atoms with Crippen LogP contribution in [0.1, 0.15) is 36.4 Å². The topological polar surface area (TPSA) is 84.7 Å². The van der Waals surface area contributed by atoms with Crippen LogP contribution < -0.4 is 15.8 Å². The molecule has 6 nitrogen and oxygen atoms in total. The number of carbonyl (C=O) groups is 2. The summed E-state index contributed by atoms with van der Waals surface area (Å²) in [4.78, 5) is 26.8. The Kier molecular flexibility index (Phi) is 9.15. The molecule has 1 saturated heterocycles. The minimum atomic E-state index is -0.307. The van der Waals surface area contributed by atoms with Crippen LogP contribution in [0.2, 0.25) is 0 Å². The Balaban J connectivity index is 0.00000320. The molecule has 2 aromatic rings. The molecule has 1 fully saturated rings. The van der Waals surface area contributed by atoms with E-state index in [9.17, 15) is 9.59 Å². The highest BCUT2D eigenvalue weighted by Gasteiger charge is 2.25. The largest absolute Gasteiger partial charge is 0.496 e. The van der Waals surface area contributed by atoms with Gasteiger partial charge in [-0.15, -0.1) is 12.4 Å². The smallest absolute Gasteiger partial charge is 0.227 e. The lowest BCUT2D eigenvalue weighted by molar-refractivity contribution is -0.131. The van der Waals surface area contributed by atoms with Crippen molar-refractivity contribution < 1.29 is 14.3 Å². The van der Waals surface area contributed by atoms with E-state index >= 15 is 0 Å². The molecule has 1 aliphatic rings. The molecule has 30 heavy (non-hydrogen) atoms. The van der Waals surface area contributed by atoms with Crippen molar-refractivity contribution in [2.45, 2.75) is 37.8 Å². The van der Waals surface area contributed by atoms with Gasteiger partial charge in [0, 0.05) is 37.2 Å². The molecule has 162 valence electrons. The molecule has 0 aromatic heterocycles. The number of amides is 2. The number of halogens is 1. The highest BCUT2D eigenvalue weighted by molar-refractivity contribution is 5.85. The fourth-order valence-electron chi connectivity index (χ4n) is 3.70. The molecule has 1 atom stereocenters. The number of carbonyl (C=O) groups excluding carboxylic acids is 2. The van der Waals surface area contributed by atoms with E-state index in [2.05, 4.69) is 5.32 Å². The fourth-order valence-corrected chi connectivity index (χ4v) is 3.70. The molecule has 1 aliphatic heterocycles. The molecule has 7 heteroatoms. The lowest BCUT2D eigenvalue weighted by Crippen LogP contribution is -2.47. The normalized spacial score (nSPS) is 15.1. The monoisotopic (exact) mass is 431 g/mol. The van der Waals surface area contributed by atoms with E-state index in [0.29, 0.717) is 19.5 Å². The maximum Gasteiger partial charge on any atom is 0.227 e. The summed E-state index contributed by atoms with van der Waals surface area (Å²) in [6.45, 7) is 1.29. The van der Waals surface area contributed by atoms with Gasteiger partial charge in [0.25, 0.3) is 0 Å². The van der Waals surface area contributed by atoms with Crippen LogP contribution >= 0.6 is 12.4 Å². The highest BCUT2D eigenvalue weighted by atomic mass is 35.5. The Morgan fingerprint density at radius 1 is 1.10 bits per heavy atom. The summed E-state index contributed by atoms with van der Waals surface area (Å²) in [5.74, 6) is 0.781. The first kappa shape index (κ1) is 23.7. The van der Waals surface area contributed by atoms with E-state index in [1.54, 1.807) is 7.11 Å². The minimum absolute atomic E-state index is 0. The van der Waals surface area contributed by atoms with Crippen LogP contribution in [0.5, 0.6) is 5.75 Å². The van der Waals surface area contributed by atoms with Crippen molar-refractivity contribution >= 4 is 24.2 Å². The molecule has 0 aliphatic carbocycles. The lowest BCUT2D eigenvalue weighted by atomic mass is 10.0. The minimum Gasteiger partial charge on any atom is -0.496 e. The van der Waals surface area contributed by atoms with Gasteiger partial charge in [-0.2, -0.15) is 0 Å². The first-order valence-electron chi connectivity index (χ1n) is 10.1. The Morgan fingerprint density at radius 2 is 1.73 bits per heavy atom. The molecule has 0 bridgehead atoms. The molecular formula is C23H30ClN3O3. The second-order valence-corrected chi connectivity index (χ2v) is 7.43. The van der Waals surface area contributed by atoms with Crippen LogP contribution in [-0.2, 0) is 16.0 Å². The first-order chi connectivity index (χ1) is 14.1. The van der Waals surface area contributed by atoms with Crippen LogP contribution in [0, 0.1) is 0 Å². The SMILES string of the molecule is COc1ccccc1CC(=O)N1CCC(NC(=O)CC(N)c2ccccc2)CC1.Cl. The molecule has 0 radical (unpaired) electrons. The zero-order valence-corrected chi connectivity index (χ0v) is 18.1. The molecule has 0 spiro atoms. The average Bonchev–Trinajstić information content (AvgIpc) is 2.75. The average molecular weight is 432 g/mol. The van der Waals surface area contributed by atoms with Gasteiger partial charge in [-0.1, -0.05) is 48.5 Å². The van der Waals surface area contributed by atoms with Crippen LogP contribution in [-0.4, -0.2) is 43.0 Å². The number of nitrogens with one attached hydrogen (secondary N) is 1.